The Morgan fingerprint density at radius 3 is 1.58 bits per heavy atom. The first-order chi connectivity index (χ1) is 15.8. The van der Waals surface area contributed by atoms with Gasteiger partial charge in [0.25, 0.3) is 0 Å². The normalized spacial score (nSPS) is 13.9. The molecule has 0 atom stereocenters. The second-order valence-corrected chi connectivity index (χ2v) is 8.86. The van der Waals surface area contributed by atoms with Crippen LogP contribution in [0.1, 0.15) is 40.9 Å². The number of carbonyl (C=O) groups is 1. The fourth-order valence-corrected chi connectivity index (χ4v) is 4.63. The SMILES string of the molecule is CCN(CC)c1ccc2c(c1)C(=O)OC2(c1ccc(N(C)C)cc1)c1ccc(N(C)C)cc1. The van der Waals surface area contributed by atoms with E-state index in [-0.39, 0.29) is 5.97 Å². The lowest BCUT2D eigenvalue weighted by molar-refractivity contribution is 0.0251. The number of hydrogen-bond acceptors (Lipinski definition) is 5. The van der Waals surface area contributed by atoms with Gasteiger partial charge >= 0.3 is 5.97 Å². The van der Waals surface area contributed by atoms with Gasteiger partial charge in [0.15, 0.2) is 5.60 Å². The number of anilines is 3. The van der Waals surface area contributed by atoms with E-state index in [2.05, 4.69) is 89.2 Å². The Morgan fingerprint density at radius 2 is 1.15 bits per heavy atom. The lowest BCUT2D eigenvalue weighted by Gasteiger charge is -2.31. The minimum absolute atomic E-state index is 0.285. The van der Waals surface area contributed by atoms with E-state index in [1.54, 1.807) is 0 Å². The van der Waals surface area contributed by atoms with Crippen molar-refractivity contribution >= 4 is 23.0 Å². The summed E-state index contributed by atoms with van der Waals surface area (Å²) in [6, 6.07) is 22.7. The van der Waals surface area contributed by atoms with E-state index < -0.39 is 5.60 Å². The zero-order chi connectivity index (χ0) is 23.8. The maximum Gasteiger partial charge on any atom is 0.340 e. The van der Waals surface area contributed by atoms with E-state index >= 15 is 0 Å². The molecule has 0 aliphatic carbocycles. The molecule has 5 nitrogen and oxygen atoms in total. The Kier molecular flexibility index (Phi) is 6.07. The number of esters is 1. The van der Waals surface area contributed by atoms with Crippen LogP contribution in [0.25, 0.3) is 0 Å². The van der Waals surface area contributed by atoms with Crippen LogP contribution in [0.5, 0.6) is 0 Å². The van der Waals surface area contributed by atoms with Crippen LogP contribution in [0.2, 0.25) is 0 Å². The van der Waals surface area contributed by atoms with Crippen molar-refractivity contribution in [2.24, 2.45) is 0 Å². The predicted molar refractivity (Wildman–Crippen MR) is 137 cm³/mol. The Bertz CT molecular complexity index is 1080. The number of fused-ring (bicyclic) bond motifs is 1. The summed E-state index contributed by atoms with van der Waals surface area (Å²) in [4.78, 5) is 19.6. The minimum Gasteiger partial charge on any atom is -0.441 e. The zero-order valence-corrected chi connectivity index (χ0v) is 20.4. The van der Waals surface area contributed by atoms with Crippen molar-refractivity contribution in [2.75, 3.05) is 56.0 Å². The fourth-order valence-electron chi connectivity index (χ4n) is 4.63. The summed E-state index contributed by atoms with van der Waals surface area (Å²) in [6.45, 7) is 6.01. The maximum atomic E-state index is 13.3. The molecule has 0 amide bonds. The number of hydrogen-bond donors (Lipinski definition) is 0. The summed E-state index contributed by atoms with van der Waals surface area (Å²) in [5.74, 6) is -0.285. The highest BCUT2D eigenvalue weighted by atomic mass is 16.6. The summed E-state index contributed by atoms with van der Waals surface area (Å²) in [6.07, 6.45) is 0. The monoisotopic (exact) mass is 443 g/mol. The van der Waals surface area contributed by atoms with Crippen molar-refractivity contribution in [2.45, 2.75) is 19.4 Å². The van der Waals surface area contributed by atoms with Gasteiger partial charge < -0.3 is 19.4 Å². The highest BCUT2D eigenvalue weighted by Crippen LogP contribution is 2.48. The number of benzene rings is 3. The van der Waals surface area contributed by atoms with Crippen molar-refractivity contribution in [1.82, 2.24) is 0 Å². The second kappa shape index (κ2) is 8.81. The first-order valence-electron chi connectivity index (χ1n) is 11.5. The van der Waals surface area contributed by atoms with Crippen LogP contribution < -0.4 is 14.7 Å². The summed E-state index contributed by atoms with van der Waals surface area (Å²) >= 11 is 0. The van der Waals surface area contributed by atoms with E-state index in [9.17, 15) is 4.79 Å². The Morgan fingerprint density at radius 1 is 0.697 bits per heavy atom. The minimum atomic E-state index is -0.982. The zero-order valence-electron chi connectivity index (χ0n) is 20.4. The van der Waals surface area contributed by atoms with Gasteiger partial charge in [-0.25, -0.2) is 4.79 Å². The van der Waals surface area contributed by atoms with Crippen LogP contribution >= 0.6 is 0 Å². The average Bonchev–Trinajstić information content (AvgIpc) is 3.13. The molecular weight excluding hydrogens is 410 g/mol. The van der Waals surface area contributed by atoms with Crippen molar-refractivity contribution in [3.8, 4) is 0 Å². The quantitative estimate of drug-likeness (QED) is 0.473. The number of rotatable bonds is 7. The number of cyclic esters (lactones) is 1. The topological polar surface area (TPSA) is 36.0 Å². The molecule has 0 spiro atoms. The molecule has 0 bridgehead atoms. The molecule has 0 unspecified atom stereocenters. The molecule has 0 radical (unpaired) electrons. The van der Waals surface area contributed by atoms with Gasteiger partial charge in [0.05, 0.1) is 5.56 Å². The summed E-state index contributed by atoms with van der Waals surface area (Å²) in [5, 5.41) is 0. The summed E-state index contributed by atoms with van der Waals surface area (Å²) in [7, 11) is 8.07. The summed E-state index contributed by atoms with van der Waals surface area (Å²) in [5.41, 5.74) is 5.64. The van der Waals surface area contributed by atoms with Crippen LogP contribution in [0.3, 0.4) is 0 Å². The molecule has 0 fully saturated rings. The molecule has 0 saturated carbocycles. The number of carbonyl (C=O) groups excluding carboxylic acids is 1. The molecule has 1 aliphatic heterocycles. The van der Waals surface area contributed by atoms with Gasteiger partial charge in [0.1, 0.15) is 0 Å². The van der Waals surface area contributed by atoms with Crippen LogP contribution in [0.4, 0.5) is 17.1 Å². The van der Waals surface area contributed by atoms with E-state index in [0.717, 1.165) is 46.8 Å². The largest absolute Gasteiger partial charge is 0.441 e. The van der Waals surface area contributed by atoms with Gasteiger partial charge in [0, 0.05) is 75.0 Å². The summed E-state index contributed by atoms with van der Waals surface area (Å²) < 4.78 is 6.31. The lowest BCUT2D eigenvalue weighted by Crippen LogP contribution is -2.29. The smallest absolute Gasteiger partial charge is 0.340 e. The fraction of sp³-hybridized carbons (Fsp3) is 0.321. The third-order valence-electron chi connectivity index (χ3n) is 6.56. The highest BCUT2D eigenvalue weighted by molar-refractivity contribution is 5.97. The Hall–Kier alpha value is -3.47. The predicted octanol–water partition coefficient (Wildman–Crippen LogP) is 5.13. The van der Waals surface area contributed by atoms with Gasteiger partial charge in [-0.05, 0) is 50.2 Å². The van der Waals surface area contributed by atoms with Crippen LogP contribution in [-0.2, 0) is 10.3 Å². The Balaban J connectivity index is 1.92. The lowest BCUT2D eigenvalue weighted by atomic mass is 9.79. The molecule has 1 heterocycles. The third kappa shape index (κ3) is 3.82. The van der Waals surface area contributed by atoms with Crippen molar-refractivity contribution in [3.63, 3.8) is 0 Å². The second-order valence-electron chi connectivity index (χ2n) is 8.86. The molecule has 0 N–H and O–H groups in total. The van der Waals surface area contributed by atoms with E-state index in [1.807, 2.05) is 34.3 Å². The molecule has 172 valence electrons. The average molecular weight is 444 g/mol. The van der Waals surface area contributed by atoms with Gasteiger partial charge in [-0.1, -0.05) is 30.3 Å². The van der Waals surface area contributed by atoms with Gasteiger partial charge in [-0.3, -0.25) is 0 Å². The molecule has 3 aromatic carbocycles. The molecule has 1 aliphatic rings. The molecule has 33 heavy (non-hydrogen) atoms. The molecular formula is C28H33N3O2. The van der Waals surface area contributed by atoms with Gasteiger partial charge in [-0.2, -0.15) is 0 Å². The highest BCUT2D eigenvalue weighted by Gasteiger charge is 2.48. The Labute approximate surface area is 197 Å². The first kappa shape index (κ1) is 22.7. The van der Waals surface area contributed by atoms with Crippen LogP contribution in [-0.4, -0.2) is 47.2 Å². The first-order valence-corrected chi connectivity index (χ1v) is 11.5. The molecule has 4 rings (SSSR count). The van der Waals surface area contributed by atoms with Crippen molar-refractivity contribution in [3.05, 3.63) is 89.0 Å². The molecule has 0 saturated heterocycles. The van der Waals surface area contributed by atoms with Crippen LogP contribution in [0.15, 0.2) is 66.7 Å². The molecule has 5 heteroatoms. The van der Waals surface area contributed by atoms with E-state index in [4.69, 9.17) is 4.74 Å². The number of ether oxygens (including phenoxy) is 1. The van der Waals surface area contributed by atoms with Gasteiger partial charge in [0.2, 0.25) is 0 Å². The van der Waals surface area contributed by atoms with E-state index in [0.29, 0.717) is 5.56 Å². The standard InChI is InChI=1S/C28H33N3O2/c1-7-31(8-2)24-17-18-26-25(19-24)27(32)33-28(26,20-9-13-22(14-10-20)29(3)4)21-11-15-23(16-12-21)30(5)6/h9-19H,7-8H2,1-6H3. The van der Waals surface area contributed by atoms with E-state index in [1.165, 1.54) is 0 Å². The third-order valence-corrected chi connectivity index (χ3v) is 6.56. The number of nitrogens with zero attached hydrogens (tertiary/aromatic N) is 3. The molecule has 3 aromatic rings. The van der Waals surface area contributed by atoms with Crippen LogP contribution in [0, 0.1) is 0 Å². The van der Waals surface area contributed by atoms with Crippen molar-refractivity contribution < 1.29 is 9.53 Å². The van der Waals surface area contributed by atoms with Crippen molar-refractivity contribution in [1.29, 1.82) is 0 Å². The van der Waals surface area contributed by atoms with Gasteiger partial charge in [-0.15, -0.1) is 0 Å². The maximum absolute atomic E-state index is 13.3. The molecule has 0 aromatic heterocycles.